The maximum Gasteiger partial charge on any atom is 0.246 e. The second-order valence-electron chi connectivity index (χ2n) is 5.37. The van der Waals surface area contributed by atoms with E-state index >= 15 is 0 Å². The molecule has 0 radical (unpaired) electrons. The SMILES string of the molecule is CCC1(C)C(=O)NC(C)C(=O)N1Cc1ccc(Cl)cc1. The molecule has 0 aliphatic carbocycles. The molecule has 108 valence electrons. The highest BCUT2D eigenvalue weighted by atomic mass is 35.5. The number of rotatable bonds is 3. The van der Waals surface area contributed by atoms with Gasteiger partial charge in [-0.2, -0.15) is 0 Å². The quantitative estimate of drug-likeness (QED) is 0.930. The van der Waals surface area contributed by atoms with Crippen molar-refractivity contribution < 1.29 is 9.59 Å². The molecule has 0 bridgehead atoms. The van der Waals surface area contributed by atoms with Crippen LogP contribution < -0.4 is 5.32 Å². The molecule has 0 aromatic heterocycles. The zero-order chi connectivity index (χ0) is 14.9. The third kappa shape index (κ3) is 2.52. The Morgan fingerprint density at radius 2 is 1.90 bits per heavy atom. The third-order valence-electron chi connectivity index (χ3n) is 4.01. The molecule has 1 saturated heterocycles. The number of benzene rings is 1. The van der Waals surface area contributed by atoms with Gasteiger partial charge in [0.15, 0.2) is 0 Å². The summed E-state index contributed by atoms with van der Waals surface area (Å²) >= 11 is 5.87. The smallest absolute Gasteiger partial charge is 0.246 e. The second-order valence-corrected chi connectivity index (χ2v) is 5.81. The van der Waals surface area contributed by atoms with Crippen LogP contribution in [0.3, 0.4) is 0 Å². The monoisotopic (exact) mass is 294 g/mol. The molecule has 1 fully saturated rings. The van der Waals surface area contributed by atoms with Gasteiger partial charge in [-0.15, -0.1) is 0 Å². The Morgan fingerprint density at radius 3 is 2.45 bits per heavy atom. The van der Waals surface area contributed by atoms with Crippen molar-refractivity contribution in [1.29, 1.82) is 0 Å². The summed E-state index contributed by atoms with van der Waals surface area (Å²) in [6, 6.07) is 6.86. The molecule has 5 heteroatoms. The summed E-state index contributed by atoms with van der Waals surface area (Å²) in [4.78, 5) is 26.3. The lowest BCUT2D eigenvalue weighted by Gasteiger charge is -2.45. The highest BCUT2D eigenvalue weighted by molar-refractivity contribution is 6.30. The first-order valence-electron chi connectivity index (χ1n) is 6.75. The number of carbonyl (C=O) groups excluding carboxylic acids is 2. The average molecular weight is 295 g/mol. The standard InChI is InChI=1S/C15H19ClN2O2/c1-4-15(3)14(20)17-10(2)13(19)18(15)9-11-5-7-12(16)8-6-11/h5-8,10H,4,9H2,1-3H3,(H,17,20). The number of hydrogen-bond donors (Lipinski definition) is 1. The van der Waals surface area contributed by atoms with Gasteiger partial charge in [0.25, 0.3) is 0 Å². The summed E-state index contributed by atoms with van der Waals surface area (Å²) in [5, 5.41) is 3.40. The second kappa shape index (κ2) is 5.44. The molecule has 0 saturated carbocycles. The van der Waals surface area contributed by atoms with Crippen molar-refractivity contribution in [3.05, 3.63) is 34.9 Å². The molecule has 1 heterocycles. The lowest BCUT2D eigenvalue weighted by Crippen LogP contribution is -2.68. The van der Waals surface area contributed by atoms with Gasteiger partial charge in [-0.1, -0.05) is 30.7 Å². The summed E-state index contributed by atoms with van der Waals surface area (Å²) in [5.74, 6) is -0.148. The van der Waals surface area contributed by atoms with Crippen molar-refractivity contribution in [2.24, 2.45) is 0 Å². The van der Waals surface area contributed by atoms with Crippen LogP contribution in [-0.2, 0) is 16.1 Å². The van der Waals surface area contributed by atoms with Gasteiger partial charge in [0, 0.05) is 11.6 Å². The summed E-state index contributed by atoms with van der Waals surface area (Å²) < 4.78 is 0. The number of carbonyl (C=O) groups is 2. The fourth-order valence-electron chi connectivity index (χ4n) is 2.39. The van der Waals surface area contributed by atoms with Crippen molar-refractivity contribution in [2.75, 3.05) is 0 Å². The molecule has 1 aromatic rings. The topological polar surface area (TPSA) is 49.4 Å². The van der Waals surface area contributed by atoms with Crippen molar-refractivity contribution in [3.63, 3.8) is 0 Å². The molecule has 2 atom stereocenters. The largest absolute Gasteiger partial charge is 0.343 e. The molecule has 1 aliphatic heterocycles. The lowest BCUT2D eigenvalue weighted by atomic mass is 9.90. The van der Waals surface area contributed by atoms with Crippen LogP contribution in [0.1, 0.15) is 32.8 Å². The van der Waals surface area contributed by atoms with Crippen LogP contribution in [-0.4, -0.2) is 28.3 Å². The molecule has 2 unspecified atom stereocenters. The average Bonchev–Trinajstić information content (AvgIpc) is 2.43. The zero-order valence-electron chi connectivity index (χ0n) is 11.9. The molecule has 1 N–H and O–H groups in total. The number of amides is 2. The molecule has 1 aliphatic rings. The summed E-state index contributed by atoms with van der Waals surface area (Å²) in [6.45, 7) is 5.85. The Bertz CT molecular complexity index is 529. The van der Waals surface area contributed by atoms with Gasteiger partial charge in [-0.05, 0) is 38.0 Å². The van der Waals surface area contributed by atoms with Crippen LogP contribution in [0.15, 0.2) is 24.3 Å². The molecular formula is C15H19ClN2O2. The number of hydrogen-bond acceptors (Lipinski definition) is 2. The highest BCUT2D eigenvalue weighted by Gasteiger charge is 2.46. The minimum absolute atomic E-state index is 0.0519. The molecule has 1 aromatic carbocycles. The van der Waals surface area contributed by atoms with E-state index in [0.29, 0.717) is 18.0 Å². The normalized spacial score (nSPS) is 26.6. The van der Waals surface area contributed by atoms with E-state index < -0.39 is 11.6 Å². The maximum absolute atomic E-state index is 12.4. The minimum atomic E-state index is -0.802. The van der Waals surface area contributed by atoms with Crippen molar-refractivity contribution in [1.82, 2.24) is 10.2 Å². The van der Waals surface area contributed by atoms with Gasteiger partial charge in [-0.3, -0.25) is 9.59 Å². The van der Waals surface area contributed by atoms with Crippen LogP contribution in [0.4, 0.5) is 0 Å². The number of nitrogens with zero attached hydrogens (tertiary/aromatic N) is 1. The molecule has 0 spiro atoms. The van der Waals surface area contributed by atoms with E-state index in [0.717, 1.165) is 5.56 Å². The highest BCUT2D eigenvalue weighted by Crippen LogP contribution is 2.27. The van der Waals surface area contributed by atoms with Gasteiger partial charge in [0.2, 0.25) is 11.8 Å². The Labute approximate surface area is 124 Å². The fourth-order valence-corrected chi connectivity index (χ4v) is 2.52. The number of piperazine rings is 1. The van der Waals surface area contributed by atoms with E-state index in [1.165, 1.54) is 0 Å². The van der Waals surface area contributed by atoms with E-state index in [1.807, 2.05) is 26.0 Å². The number of nitrogens with one attached hydrogen (secondary N) is 1. The van der Waals surface area contributed by atoms with Crippen molar-refractivity contribution in [2.45, 2.75) is 45.3 Å². The maximum atomic E-state index is 12.4. The Kier molecular flexibility index (Phi) is 4.04. The fraction of sp³-hybridized carbons (Fsp3) is 0.467. The first kappa shape index (κ1) is 14.9. The van der Waals surface area contributed by atoms with E-state index in [2.05, 4.69) is 5.32 Å². The first-order chi connectivity index (χ1) is 9.38. The zero-order valence-corrected chi connectivity index (χ0v) is 12.7. The summed E-state index contributed by atoms with van der Waals surface area (Å²) in [6.07, 6.45) is 0.574. The van der Waals surface area contributed by atoms with E-state index in [-0.39, 0.29) is 11.8 Å². The summed E-state index contributed by atoms with van der Waals surface area (Å²) in [5.41, 5.74) is 0.160. The van der Waals surface area contributed by atoms with E-state index in [9.17, 15) is 9.59 Å². The lowest BCUT2D eigenvalue weighted by molar-refractivity contribution is -0.157. The van der Waals surface area contributed by atoms with Gasteiger partial charge in [0.1, 0.15) is 11.6 Å². The van der Waals surface area contributed by atoms with Crippen LogP contribution in [0.5, 0.6) is 0 Å². The molecule has 4 nitrogen and oxygen atoms in total. The predicted octanol–water partition coefficient (Wildman–Crippen LogP) is 2.36. The molecule has 20 heavy (non-hydrogen) atoms. The first-order valence-corrected chi connectivity index (χ1v) is 7.13. The number of halogens is 1. The van der Waals surface area contributed by atoms with Crippen molar-refractivity contribution >= 4 is 23.4 Å². The van der Waals surface area contributed by atoms with Gasteiger partial charge < -0.3 is 10.2 Å². The minimum Gasteiger partial charge on any atom is -0.343 e. The molecule has 2 amide bonds. The van der Waals surface area contributed by atoms with Crippen molar-refractivity contribution in [3.8, 4) is 0 Å². The predicted molar refractivity (Wildman–Crippen MR) is 78.3 cm³/mol. The van der Waals surface area contributed by atoms with Crippen LogP contribution >= 0.6 is 11.6 Å². The summed E-state index contributed by atoms with van der Waals surface area (Å²) in [7, 11) is 0. The van der Waals surface area contributed by atoms with Crippen LogP contribution in [0, 0.1) is 0 Å². The van der Waals surface area contributed by atoms with E-state index in [1.54, 1.807) is 24.0 Å². The molecule has 2 rings (SSSR count). The molecular weight excluding hydrogens is 276 g/mol. The Hall–Kier alpha value is -1.55. The Balaban J connectivity index is 2.31. The van der Waals surface area contributed by atoms with Gasteiger partial charge in [0.05, 0.1) is 0 Å². The van der Waals surface area contributed by atoms with E-state index in [4.69, 9.17) is 11.6 Å². The van der Waals surface area contributed by atoms with Gasteiger partial charge >= 0.3 is 0 Å². The van der Waals surface area contributed by atoms with Gasteiger partial charge in [-0.25, -0.2) is 0 Å². The van der Waals surface area contributed by atoms with Crippen LogP contribution in [0.2, 0.25) is 5.02 Å². The third-order valence-corrected chi connectivity index (χ3v) is 4.26. The Morgan fingerprint density at radius 1 is 1.30 bits per heavy atom. The van der Waals surface area contributed by atoms with Crippen LogP contribution in [0.25, 0.3) is 0 Å².